The van der Waals surface area contributed by atoms with E-state index in [-0.39, 0.29) is 24.2 Å². The summed E-state index contributed by atoms with van der Waals surface area (Å²) in [5.41, 5.74) is 0.785. The van der Waals surface area contributed by atoms with Gasteiger partial charge in [-0.3, -0.25) is 0 Å². The SMILES string of the molecule is CC[C@H](NC(=O)OCc1ccccc1)C(O[SiH](c1ccccc1)c1ccccc1)C(C)(C)C. The molecule has 0 aliphatic carbocycles. The second-order valence-corrected chi connectivity index (χ2v) is 11.7. The summed E-state index contributed by atoms with van der Waals surface area (Å²) in [6.07, 6.45) is 0.151. The zero-order chi connectivity index (χ0) is 23.7. The fourth-order valence-corrected chi connectivity index (χ4v) is 6.70. The Bertz CT molecular complexity index is 935. The fourth-order valence-electron chi connectivity index (χ4n) is 3.96. The van der Waals surface area contributed by atoms with Crippen molar-refractivity contribution in [1.82, 2.24) is 5.32 Å². The summed E-state index contributed by atoms with van der Waals surface area (Å²) >= 11 is 0. The van der Waals surface area contributed by atoms with Gasteiger partial charge in [0.1, 0.15) is 6.61 Å². The van der Waals surface area contributed by atoms with Crippen LogP contribution in [0.4, 0.5) is 4.79 Å². The molecule has 3 aromatic rings. The van der Waals surface area contributed by atoms with E-state index in [4.69, 9.17) is 9.16 Å². The molecule has 0 radical (unpaired) electrons. The van der Waals surface area contributed by atoms with Crippen LogP contribution in [-0.2, 0) is 15.8 Å². The highest BCUT2D eigenvalue weighted by atomic mass is 28.3. The van der Waals surface area contributed by atoms with Crippen molar-refractivity contribution in [2.45, 2.75) is 52.9 Å². The van der Waals surface area contributed by atoms with Crippen molar-refractivity contribution in [3.8, 4) is 0 Å². The number of hydrogen-bond donors (Lipinski definition) is 1. The third kappa shape index (κ3) is 7.31. The molecule has 0 heterocycles. The van der Waals surface area contributed by atoms with Crippen LogP contribution in [0, 0.1) is 5.41 Å². The summed E-state index contributed by atoms with van der Waals surface area (Å²) in [4.78, 5) is 12.7. The van der Waals surface area contributed by atoms with Gasteiger partial charge in [0.2, 0.25) is 9.04 Å². The van der Waals surface area contributed by atoms with Crippen molar-refractivity contribution in [3.05, 3.63) is 96.6 Å². The number of ether oxygens (including phenoxy) is 1. The molecule has 0 aliphatic heterocycles. The van der Waals surface area contributed by atoms with Crippen LogP contribution in [0.2, 0.25) is 0 Å². The number of nitrogens with one attached hydrogen (secondary N) is 1. The highest BCUT2D eigenvalue weighted by molar-refractivity contribution is 6.80. The molecule has 0 fully saturated rings. The number of carbonyl (C=O) groups excluding carboxylic acids is 1. The van der Waals surface area contributed by atoms with Crippen molar-refractivity contribution in [3.63, 3.8) is 0 Å². The Morgan fingerprint density at radius 1 is 0.848 bits per heavy atom. The first-order valence-electron chi connectivity index (χ1n) is 11.6. The summed E-state index contributed by atoms with van der Waals surface area (Å²) in [5.74, 6) is 0. The van der Waals surface area contributed by atoms with Gasteiger partial charge in [-0.25, -0.2) is 4.79 Å². The van der Waals surface area contributed by atoms with E-state index >= 15 is 0 Å². The van der Waals surface area contributed by atoms with Crippen LogP contribution < -0.4 is 15.7 Å². The summed E-state index contributed by atoms with van der Waals surface area (Å²) < 4.78 is 12.5. The summed E-state index contributed by atoms with van der Waals surface area (Å²) in [6, 6.07) is 30.4. The standard InChI is InChI=1S/C28H35NO3Si/c1-5-25(29-27(30)31-21-22-15-9-6-10-16-22)26(28(2,3)4)32-33(23-17-11-7-12-18-23)24-19-13-8-14-20-24/h6-20,25-26,33H,5,21H2,1-4H3,(H,29,30)/t25-,26?/m0/s1. The van der Waals surface area contributed by atoms with Crippen molar-refractivity contribution in [2.75, 3.05) is 0 Å². The van der Waals surface area contributed by atoms with Crippen molar-refractivity contribution in [2.24, 2.45) is 5.41 Å². The summed E-state index contributed by atoms with van der Waals surface area (Å²) in [5, 5.41) is 5.53. The average molecular weight is 462 g/mol. The van der Waals surface area contributed by atoms with E-state index in [1.165, 1.54) is 10.4 Å². The second-order valence-electron chi connectivity index (χ2n) is 9.34. The molecule has 0 saturated carbocycles. The Hall–Kier alpha value is -2.89. The molecule has 2 atom stereocenters. The van der Waals surface area contributed by atoms with Gasteiger partial charge in [0, 0.05) is 0 Å². The zero-order valence-corrected chi connectivity index (χ0v) is 21.2. The zero-order valence-electron chi connectivity index (χ0n) is 20.0. The van der Waals surface area contributed by atoms with Crippen LogP contribution >= 0.6 is 0 Å². The lowest BCUT2D eigenvalue weighted by Crippen LogP contribution is -2.56. The van der Waals surface area contributed by atoms with Gasteiger partial charge < -0.3 is 14.5 Å². The molecule has 3 rings (SSSR count). The number of benzene rings is 3. The first kappa shape index (κ1) is 24.7. The number of rotatable bonds is 9. The van der Waals surface area contributed by atoms with E-state index < -0.39 is 15.1 Å². The molecule has 0 aliphatic rings. The molecule has 33 heavy (non-hydrogen) atoms. The van der Waals surface area contributed by atoms with E-state index in [2.05, 4.69) is 81.5 Å². The Morgan fingerprint density at radius 2 is 1.33 bits per heavy atom. The maximum atomic E-state index is 12.7. The van der Waals surface area contributed by atoms with Gasteiger partial charge in [0.25, 0.3) is 0 Å². The number of hydrogen-bond acceptors (Lipinski definition) is 3. The average Bonchev–Trinajstić information content (AvgIpc) is 2.83. The third-order valence-electron chi connectivity index (χ3n) is 5.66. The van der Waals surface area contributed by atoms with Crippen molar-refractivity contribution < 1.29 is 14.0 Å². The molecule has 1 amide bonds. The molecule has 4 nitrogen and oxygen atoms in total. The van der Waals surface area contributed by atoms with E-state index in [0.29, 0.717) is 0 Å². The predicted molar refractivity (Wildman–Crippen MR) is 137 cm³/mol. The van der Waals surface area contributed by atoms with Gasteiger partial charge >= 0.3 is 6.09 Å². The van der Waals surface area contributed by atoms with Crippen LogP contribution in [0.3, 0.4) is 0 Å². The number of amides is 1. The summed E-state index contributed by atoms with van der Waals surface area (Å²) in [7, 11) is -1.98. The van der Waals surface area contributed by atoms with Crippen molar-refractivity contribution >= 4 is 25.5 Å². The van der Waals surface area contributed by atoms with Crippen LogP contribution in [0.15, 0.2) is 91.0 Å². The van der Waals surface area contributed by atoms with Gasteiger partial charge in [-0.2, -0.15) is 0 Å². The minimum atomic E-state index is -1.98. The molecular weight excluding hydrogens is 426 g/mol. The largest absolute Gasteiger partial charge is 0.445 e. The Kier molecular flexibility index (Phi) is 8.86. The molecular formula is C28H35NO3Si. The van der Waals surface area contributed by atoms with Crippen LogP contribution in [0.25, 0.3) is 0 Å². The molecule has 0 spiro atoms. The minimum absolute atomic E-state index is 0.171. The topological polar surface area (TPSA) is 47.6 Å². The molecule has 5 heteroatoms. The maximum absolute atomic E-state index is 12.7. The lowest BCUT2D eigenvalue weighted by Gasteiger charge is -2.39. The van der Waals surface area contributed by atoms with Crippen molar-refractivity contribution in [1.29, 1.82) is 0 Å². The minimum Gasteiger partial charge on any atom is -0.445 e. The molecule has 3 aromatic carbocycles. The van der Waals surface area contributed by atoms with Crippen LogP contribution in [0.1, 0.15) is 39.7 Å². The highest BCUT2D eigenvalue weighted by Gasteiger charge is 2.36. The van der Waals surface area contributed by atoms with Crippen LogP contribution in [-0.4, -0.2) is 27.3 Å². The van der Waals surface area contributed by atoms with Crippen LogP contribution in [0.5, 0.6) is 0 Å². The Balaban J connectivity index is 1.79. The highest BCUT2D eigenvalue weighted by Crippen LogP contribution is 2.27. The fraction of sp³-hybridized carbons (Fsp3) is 0.321. The molecule has 0 bridgehead atoms. The van der Waals surface area contributed by atoms with Gasteiger partial charge in [-0.15, -0.1) is 0 Å². The number of alkyl carbamates (subject to hydrolysis) is 1. The van der Waals surface area contributed by atoms with Gasteiger partial charge in [-0.05, 0) is 27.8 Å². The predicted octanol–water partition coefficient (Wildman–Crippen LogP) is 4.66. The molecule has 1 unspecified atom stereocenters. The van der Waals surface area contributed by atoms with E-state index in [1.807, 2.05) is 42.5 Å². The Labute approximate surface area is 199 Å². The smallest absolute Gasteiger partial charge is 0.407 e. The lowest BCUT2D eigenvalue weighted by molar-refractivity contribution is 0.0469. The summed E-state index contributed by atoms with van der Waals surface area (Å²) in [6.45, 7) is 8.82. The van der Waals surface area contributed by atoms with E-state index in [0.717, 1.165) is 12.0 Å². The molecule has 0 aromatic heterocycles. The lowest BCUT2D eigenvalue weighted by atomic mass is 9.84. The normalized spacial score (nSPS) is 13.4. The second kappa shape index (κ2) is 11.8. The molecule has 174 valence electrons. The van der Waals surface area contributed by atoms with Gasteiger partial charge in [0.05, 0.1) is 12.1 Å². The van der Waals surface area contributed by atoms with E-state index in [1.54, 1.807) is 0 Å². The quantitative estimate of drug-likeness (QED) is 0.472. The number of carbonyl (C=O) groups is 1. The van der Waals surface area contributed by atoms with Gasteiger partial charge in [0.15, 0.2) is 0 Å². The third-order valence-corrected chi connectivity index (χ3v) is 8.21. The first-order chi connectivity index (χ1) is 15.9. The van der Waals surface area contributed by atoms with Gasteiger partial charge in [-0.1, -0.05) is 119 Å². The molecule has 0 saturated heterocycles. The van der Waals surface area contributed by atoms with E-state index in [9.17, 15) is 4.79 Å². The maximum Gasteiger partial charge on any atom is 0.407 e. The Morgan fingerprint density at radius 3 is 1.79 bits per heavy atom. The monoisotopic (exact) mass is 461 g/mol. The molecule has 1 N–H and O–H groups in total. The first-order valence-corrected chi connectivity index (χ1v) is 13.2.